The van der Waals surface area contributed by atoms with Crippen LogP contribution in [0.5, 0.6) is 11.5 Å². The molecule has 5 heteroatoms. The van der Waals surface area contributed by atoms with Gasteiger partial charge in [-0.2, -0.15) is 0 Å². The first kappa shape index (κ1) is 23.1. The van der Waals surface area contributed by atoms with Gasteiger partial charge in [0.05, 0.1) is 25.3 Å². The number of hydrogen-bond donors (Lipinski definition) is 2. The monoisotopic (exact) mass is 453 g/mol. The van der Waals surface area contributed by atoms with Gasteiger partial charge in [0.2, 0.25) is 0 Å². The van der Waals surface area contributed by atoms with Crippen molar-refractivity contribution in [2.45, 2.75) is 12.5 Å². The first-order chi connectivity index (χ1) is 16.5. The van der Waals surface area contributed by atoms with Crippen LogP contribution in [-0.2, 0) is 0 Å². The number of fused-ring (bicyclic) bond motifs is 1. The zero-order chi connectivity index (χ0) is 23.9. The van der Waals surface area contributed by atoms with Gasteiger partial charge in [0, 0.05) is 11.8 Å². The van der Waals surface area contributed by atoms with Crippen LogP contribution < -0.4 is 15.2 Å². The molecule has 0 radical (unpaired) electrons. The van der Waals surface area contributed by atoms with E-state index in [1.54, 1.807) is 31.4 Å². The minimum Gasteiger partial charge on any atom is -0.497 e. The highest BCUT2D eigenvalue weighted by atomic mass is 16.5. The van der Waals surface area contributed by atoms with E-state index in [1.807, 2.05) is 54.6 Å². The van der Waals surface area contributed by atoms with Gasteiger partial charge in [-0.05, 0) is 52.4 Å². The maximum Gasteiger partial charge on any atom is 0.335 e. The highest BCUT2D eigenvalue weighted by molar-refractivity contribution is 5.88. The number of carboxylic acid groups (broad SMARTS) is 1. The van der Waals surface area contributed by atoms with Crippen molar-refractivity contribution in [2.24, 2.45) is 5.73 Å². The molecular formula is C29H27NO4. The molecule has 0 saturated carbocycles. The molecule has 4 aromatic carbocycles. The van der Waals surface area contributed by atoms with E-state index in [2.05, 4.69) is 18.2 Å². The van der Waals surface area contributed by atoms with Crippen molar-refractivity contribution in [3.8, 4) is 11.5 Å². The van der Waals surface area contributed by atoms with Gasteiger partial charge in [-0.25, -0.2) is 4.79 Å². The number of benzene rings is 4. The molecule has 0 amide bonds. The predicted octanol–water partition coefficient (Wildman–Crippen LogP) is 6.10. The van der Waals surface area contributed by atoms with Crippen molar-refractivity contribution in [3.05, 3.63) is 113 Å². The smallest absolute Gasteiger partial charge is 0.335 e. The summed E-state index contributed by atoms with van der Waals surface area (Å²) in [4.78, 5) is 11.2. The molecule has 0 aliphatic carbocycles. The van der Waals surface area contributed by atoms with Crippen molar-refractivity contribution in [1.82, 2.24) is 0 Å². The van der Waals surface area contributed by atoms with E-state index in [1.165, 1.54) is 0 Å². The lowest BCUT2D eigenvalue weighted by Gasteiger charge is -2.18. The molecule has 34 heavy (non-hydrogen) atoms. The Morgan fingerprint density at radius 1 is 0.941 bits per heavy atom. The van der Waals surface area contributed by atoms with Gasteiger partial charge in [-0.1, -0.05) is 66.7 Å². The lowest BCUT2D eigenvalue weighted by Crippen LogP contribution is -2.15. The fourth-order valence-electron chi connectivity index (χ4n) is 3.88. The molecule has 0 heterocycles. The van der Waals surface area contributed by atoms with Crippen molar-refractivity contribution >= 4 is 22.8 Å². The zero-order valence-corrected chi connectivity index (χ0v) is 19.0. The number of carbonyl (C=O) groups is 1. The lowest BCUT2D eigenvalue weighted by molar-refractivity contribution is 0.0697. The molecule has 5 nitrogen and oxygen atoms in total. The third-order valence-corrected chi connectivity index (χ3v) is 5.78. The summed E-state index contributed by atoms with van der Waals surface area (Å²) in [6, 6.07) is 28.3. The summed E-state index contributed by atoms with van der Waals surface area (Å²) in [6.45, 7) is 0.455. The normalized spacial score (nSPS) is 12.4. The molecule has 1 unspecified atom stereocenters. The van der Waals surface area contributed by atoms with Crippen molar-refractivity contribution < 1.29 is 19.4 Å². The van der Waals surface area contributed by atoms with Crippen molar-refractivity contribution in [2.75, 3.05) is 13.7 Å². The van der Waals surface area contributed by atoms with Gasteiger partial charge in [-0.15, -0.1) is 0 Å². The quantitative estimate of drug-likeness (QED) is 0.320. The summed E-state index contributed by atoms with van der Waals surface area (Å²) >= 11 is 0. The van der Waals surface area contributed by atoms with E-state index in [-0.39, 0.29) is 11.6 Å². The Bertz CT molecular complexity index is 1290. The molecule has 4 aromatic rings. The van der Waals surface area contributed by atoms with Crippen LogP contribution >= 0.6 is 0 Å². The molecule has 4 rings (SSSR count). The van der Waals surface area contributed by atoms with E-state index in [0.29, 0.717) is 13.0 Å². The van der Waals surface area contributed by atoms with Gasteiger partial charge < -0.3 is 20.3 Å². The van der Waals surface area contributed by atoms with Crippen molar-refractivity contribution in [1.29, 1.82) is 0 Å². The third kappa shape index (κ3) is 5.45. The number of hydrogen-bond acceptors (Lipinski definition) is 4. The van der Waals surface area contributed by atoms with E-state index in [4.69, 9.17) is 15.2 Å². The molecule has 0 saturated heterocycles. The highest BCUT2D eigenvalue weighted by Crippen LogP contribution is 2.28. The second-order valence-corrected chi connectivity index (χ2v) is 7.97. The van der Waals surface area contributed by atoms with Crippen LogP contribution in [0.3, 0.4) is 0 Å². The molecule has 172 valence electrons. The highest BCUT2D eigenvalue weighted by Gasteiger charge is 2.14. The van der Waals surface area contributed by atoms with Gasteiger partial charge in [0.15, 0.2) is 0 Å². The minimum atomic E-state index is -0.950. The summed E-state index contributed by atoms with van der Waals surface area (Å²) in [5, 5.41) is 11.4. The molecule has 3 N–H and O–H groups in total. The van der Waals surface area contributed by atoms with Crippen molar-refractivity contribution in [3.63, 3.8) is 0 Å². The topological polar surface area (TPSA) is 81.8 Å². The number of nitrogens with two attached hydrogens (primary N) is 1. The Morgan fingerprint density at radius 2 is 1.65 bits per heavy atom. The number of rotatable bonds is 9. The van der Waals surface area contributed by atoms with Gasteiger partial charge in [0.1, 0.15) is 11.5 Å². The SMILES string of the molecule is COc1ccc(C(N)/C(=C\c2ccc(C(=O)O)cc2)CCOc2cccc3ccccc23)cc1. The van der Waals surface area contributed by atoms with Crippen LogP contribution in [0.25, 0.3) is 16.8 Å². The van der Waals surface area contributed by atoms with Gasteiger partial charge >= 0.3 is 5.97 Å². The summed E-state index contributed by atoms with van der Waals surface area (Å²) in [7, 11) is 1.63. The largest absolute Gasteiger partial charge is 0.497 e. The first-order valence-electron chi connectivity index (χ1n) is 11.1. The molecule has 1 atom stereocenters. The molecule has 0 aliphatic rings. The average Bonchev–Trinajstić information content (AvgIpc) is 2.88. The average molecular weight is 454 g/mol. The van der Waals surface area contributed by atoms with E-state index >= 15 is 0 Å². The van der Waals surface area contributed by atoms with Crippen LogP contribution in [-0.4, -0.2) is 24.8 Å². The second kappa shape index (κ2) is 10.7. The van der Waals surface area contributed by atoms with Gasteiger partial charge in [0.25, 0.3) is 0 Å². The van der Waals surface area contributed by atoms with Crippen LogP contribution in [0.1, 0.15) is 33.9 Å². The molecule has 0 aromatic heterocycles. The first-order valence-corrected chi connectivity index (χ1v) is 11.1. The zero-order valence-electron chi connectivity index (χ0n) is 19.0. The van der Waals surface area contributed by atoms with E-state index < -0.39 is 5.97 Å². The summed E-state index contributed by atoms with van der Waals surface area (Å²) in [5.41, 5.74) is 9.74. The summed E-state index contributed by atoms with van der Waals surface area (Å²) in [6.07, 6.45) is 2.62. The predicted molar refractivity (Wildman–Crippen MR) is 135 cm³/mol. The number of ether oxygens (including phenoxy) is 2. The van der Waals surface area contributed by atoms with Crippen LogP contribution in [0, 0.1) is 0 Å². The molecule has 0 spiro atoms. The summed E-state index contributed by atoms with van der Waals surface area (Å²) < 4.78 is 11.4. The Morgan fingerprint density at radius 3 is 2.35 bits per heavy atom. The maximum absolute atomic E-state index is 11.2. The standard InChI is InChI=1S/C29H27NO4/c1-33-25-15-13-22(14-16-25)28(30)24(19-20-9-11-23(12-10-20)29(31)32)17-18-34-27-8-4-6-21-5-2-3-7-26(21)27/h2-16,19,28H,17-18,30H2,1H3,(H,31,32)/b24-19-. The van der Waals surface area contributed by atoms with E-state index in [9.17, 15) is 9.90 Å². The van der Waals surface area contributed by atoms with Crippen LogP contribution in [0.2, 0.25) is 0 Å². The fraction of sp³-hybridized carbons (Fsp3) is 0.138. The number of methoxy groups -OCH3 is 1. The maximum atomic E-state index is 11.2. The van der Waals surface area contributed by atoms with Crippen LogP contribution in [0.15, 0.2) is 96.6 Å². The fourth-order valence-corrected chi connectivity index (χ4v) is 3.88. The minimum absolute atomic E-state index is 0.248. The Balaban J connectivity index is 1.57. The number of aromatic carboxylic acids is 1. The van der Waals surface area contributed by atoms with Crippen LogP contribution in [0.4, 0.5) is 0 Å². The molecule has 0 fully saturated rings. The lowest BCUT2D eigenvalue weighted by atomic mass is 9.95. The molecule has 0 bridgehead atoms. The third-order valence-electron chi connectivity index (χ3n) is 5.78. The van der Waals surface area contributed by atoms with E-state index in [0.717, 1.165) is 39.0 Å². The Hall–Kier alpha value is -4.09. The summed E-state index contributed by atoms with van der Waals surface area (Å²) in [5.74, 6) is 0.653. The second-order valence-electron chi connectivity index (χ2n) is 7.97. The Kier molecular flexibility index (Phi) is 7.25. The molecular weight excluding hydrogens is 426 g/mol. The Labute approximate surface area is 199 Å². The molecule has 0 aliphatic heterocycles. The number of carboxylic acids is 1. The van der Waals surface area contributed by atoms with Gasteiger partial charge in [-0.3, -0.25) is 0 Å².